The molecule has 174 valence electrons. The number of sulfonamides is 1. The summed E-state index contributed by atoms with van der Waals surface area (Å²) in [5.74, 6) is -0.605. The number of nitrogens with zero attached hydrogens (tertiary/aromatic N) is 2. The van der Waals surface area contributed by atoms with Crippen molar-refractivity contribution in [1.82, 2.24) is 4.31 Å². The molecule has 0 saturated carbocycles. The van der Waals surface area contributed by atoms with Crippen LogP contribution in [0.1, 0.15) is 11.1 Å². The average Bonchev–Trinajstić information content (AvgIpc) is 2.73. The highest BCUT2D eigenvalue weighted by atomic mass is 32.2. The van der Waals surface area contributed by atoms with E-state index in [2.05, 4.69) is 15.2 Å². The molecule has 0 saturated heterocycles. The summed E-state index contributed by atoms with van der Waals surface area (Å²) in [6.07, 6.45) is 1.26. The van der Waals surface area contributed by atoms with Gasteiger partial charge in [-0.15, -0.1) is 0 Å². The number of benzene rings is 2. The summed E-state index contributed by atoms with van der Waals surface area (Å²) in [7, 11) is 0.471. The van der Waals surface area contributed by atoms with Gasteiger partial charge in [0.15, 0.2) is 18.1 Å². The molecule has 0 aliphatic heterocycles. The Bertz CT molecular complexity index is 1090. The van der Waals surface area contributed by atoms with E-state index in [4.69, 9.17) is 9.57 Å². The van der Waals surface area contributed by atoms with E-state index in [1.165, 1.54) is 57.8 Å². The van der Waals surface area contributed by atoms with E-state index >= 15 is 0 Å². The van der Waals surface area contributed by atoms with Gasteiger partial charge in [0.1, 0.15) is 0 Å². The van der Waals surface area contributed by atoms with E-state index in [0.717, 1.165) is 4.31 Å². The first-order valence-electron chi connectivity index (χ1n) is 9.15. The lowest BCUT2D eigenvalue weighted by atomic mass is 10.2. The monoisotopic (exact) mass is 471 g/mol. The number of ether oxygens (including phenoxy) is 2. The zero-order valence-electron chi connectivity index (χ0n) is 17.8. The number of carbonyl (C=O) groups is 1. The van der Waals surface area contributed by atoms with Crippen LogP contribution in [0.2, 0.25) is 0 Å². The molecule has 1 amide bonds. The highest BCUT2D eigenvalue weighted by molar-refractivity contribution is 7.89. The zero-order valence-corrected chi connectivity index (χ0v) is 18.7. The minimum absolute atomic E-state index is 0.0376. The van der Waals surface area contributed by atoms with Crippen LogP contribution >= 0.6 is 0 Å². The SMILES string of the molecule is COc1cc(/C=N/OCC(=O)Nc2cc(S(=O)(=O)N(C)C)ccc2C)ccc1OC(F)F. The van der Waals surface area contributed by atoms with E-state index in [-0.39, 0.29) is 16.4 Å². The maximum atomic E-state index is 12.4. The highest BCUT2D eigenvalue weighted by Crippen LogP contribution is 2.29. The standard InChI is InChI=1S/C20H23F2N3O6S/c1-13-5-7-15(32(27,28)25(2)3)10-16(13)24-19(26)12-30-23-11-14-6-8-17(31-20(21)22)18(9-14)29-4/h5-11,20H,12H2,1-4H3,(H,24,26)/b23-11+. The molecular weight excluding hydrogens is 448 g/mol. The summed E-state index contributed by atoms with van der Waals surface area (Å²) in [6.45, 7) is -1.71. The van der Waals surface area contributed by atoms with Crippen LogP contribution in [0.15, 0.2) is 46.4 Å². The number of methoxy groups -OCH3 is 1. The maximum absolute atomic E-state index is 12.4. The smallest absolute Gasteiger partial charge is 0.387 e. The lowest BCUT2D eigenvalue weighted by Gasteiger charge is -2.14. The van der Waals surface area contributed by atoms with Gasteiger partial charge in [-0.1, -0.05) is 11.2 Å². The molecule has 0 atom stereocenters. The van der Waals surface area contributed by atoms with Gasteiger partial charge in [0.05, 0.1) is 18.2 Å². The Hall–Kier alpha value is -3.25. The van der Waals surface area contributed by atoms with Crippen molar-refractivity contribution >= 4 is 27.8 Å². The van der Waals surface area contributed by atoms with Crippen molar-refractivity contribution < 1.29 is 36.3 Å². The van der Waals surface area contributed by atoms with Crippen molar-refractivity contribution in [1.29, 1.82) is 0 Å². The fraction of sp³-hybridized carbons (Fsp3) is 0.300. The minimum Gasteiger partial charge on any atom is -0.493 e. The number of oxime groups is 1. The van der Waals surface area contributed by atoms with Gasteiger partial charge in [-0.2, -0.15) is 8.78 Å². The molecule has 0 bridgehead atoms. The number of anilines is 1. The Labute approximate surface area is 184 Å². The van der Waals surface area contributed by atoms with Crippen molar-refractivity contribution in [3.05, 3.63) is 47.5 Å². The molecule has 2 aromatic carbocycles. The first-order valence-corrected chi connectivity index (χ1v) is 10.6. The highest BCUT2D eigenvalue weighted by Gasteiger charge is 2.18. The number of hydrogen-bond donors (Lipinski definition) is 1. The van der Waals surface area contributed by atoms with Gasteiger partial charge in [-0.05, 0) is 42.8 Å². The quantitative estimate of drug-likeness (QED) is 0.422. The molecule has 9 nitrogen and oxygen atoms in total. The number of rotatable bonds is 10. The number of carbonyl (C=O) groups excluding carboxylic acids is 1. The summed E-state index contributed by atoms with van der Waals surface area (Å²) in [5, 5.41) is 6.23. The van der Waals surface area contributed by atoms with Gasteiger partial charge in [-0.25, -0.2) is 12.7 Å². The van der Waals surface area contributed by atoms with Crippen LogP contribution in [0.3, 0.4) is 0 Å². The van der Waals surface area contributed by atoms with Gasteiger partial charge in [0.25, 0.3) is 5.91 Å². The lowest BCUT2D eigenvalue weighted by Crippen LogP contribution is -2.23. The number of alkyl halides is 2. The Morgan fingerprint density at radius 2 is 1.91 bits per heavy atom. The second kappa shape index (κ2) is 10.9. The topological polar surface area (TPSA) is 107 Å². The molecule has 0 radical (unpaired) electrons. The van der Waals surface area contributed by atoms with Gasteiger partial charge in [0.2, 0.25) is 10.0 Å². The first-order chi connectivity index (χ1) is 15.0. The Morgan fingerprint density at radius 1 is 1.19 bits per heavy atom. The molecule has 12 heteroatoms. The van der Waals surface area contributed by atoms with Crippen molar-refractivity contribution in [2.75, 3.05) is 33.1 Å². The fourth-order valence-electron chi connectivity index (χ4n) is 2.45. The summed E-state index contributed by atoms with van der Waals surface area (Å²) in [5.41, 5.74) is 1.45. The van der Waals surface area contributed by atoms with Crippen molar-refractivity contribution in [2.45, 2.75) is 18.4 Å². The van der Waals surface area contributed by atoms with Crippen LogP contribution in [0.4, 0.5) is 14.5 Å². The molecule has 2 aromatic rings. The number of aryl methyl sites for hydroxylation is 1. The van der Waals surface area contributed by atoms with Crippen LogP contribution in [-0.2, 0) is 19.7 Å². The number of amides is 1. The maximum Gasteiger partial charge on any atom is 0.387 e. The zero-order chi connectivity index (χ0) is 23.9. The van der Waals surface area contributed by atoms with Crippen molar-refractivity contribution in [3.63, 3.8) is 0 Å². The fourth-order valence-corrected chi connectivity index (χ4v) is 3.37. The molecule has 2 rings (SSSR count). The number of hydrogen-bond acceptors (Lipinski definition) is 7. The van der Waals surface area contributed by atoms with E-state index in [0.29, 0.717) is 16.8 Å². The van der Waals surface area contributed by atoms with Gasteiger partial charge < -0.3 is 19.6 Å². The summed E-state index contributed by atoms with van der Waals surface area (Å²) in [6, 6.07) is 8.54. The van der Waals surface area contributed by atoms with E-state index < -0.39 is 29.1 Å². The van der Waals surface area contributed by atoms with Crippen molar-refractivity contribution in [3.8, 4) is 11.5 Å². The Kier molecular flexibility index (Phi) is 8.49. The average molecular weight is 471 g/mol. The predicted molar refractivity (Wildman–Crippen MR) is 114 cm³/mol. The molecule has 0 heterocycles. The van der Waals surface area contributed by atoms with E-state index in [1.807, 2.05) is 0 Å². The Morgan fingerprint density at radius 3 is 2.53 bits per heavy atom. The second-order valence-electron chi connectivity index (χ2n) is 6.61. The van der Waals surface area contributed by atoms with Crippen LogP contribution in [-0.4, -0.2) is 59.3 Å². The van der Waals surface area contributed by atoms with Crippen LogP contribution < -0.4 is 14.8 Å². The molecule has 0 aliphatic rings. The third kappa shape index (κ3) is 6.62. The summed E-state index contributed by atoms with van der Waals surface area (Å²) >= 11 is 0. The molecule has 1 N–H and O–H groups in total. The summed E-state index contributed by atoms with van der Waals surface area (Å²) < 4.78 is 59.6. The van der Waals surface area contributed by atoms with Crippen LogP contribution in [0.25, 0.3) is 0 Å². The molecular formula is C20H23F2N3O6S. The lowest BCUT2D eigenvalue weighted by molar-refractivity contribution is -0.120. The predicted octanol–water partition coefficient (Wildman–Crippen LogP) is 2.84. The third-order valence-corrected chi connectivity index (χ3v) is 5.95. The molecule has 0 aliphatic carbocycles. The van der Waals surface area contributed by atoms with Crippen LogP contribution in [0.5, 0.6) is 11.5 Å². The normalized spacial score (nSPS) is 11.8. The minimum atomic E-state index is -3.65. The molecule has 32 heavy (non-hydrogen) atoms. The third-order valence-electron chi connectivity index (χ3n) is 4.14. The Balaban J connectivity index is 1.99. The van der Waals surface area contributed by atoms with Crippen LogP contribution in [0, 0.1) is 6.92 Å². The van der Waals surface area contributed by atoms with E-state index in [1.54, 1.807) is 13.0 Å². The van der Waals surface area contributed by atoms with E-state index in [9.17, 15) is 22.0 Å². The first kappa shape index (κ1) is 25.0. The molecule has 0 aromatic heterocycles. The van der Waals surface area contributed by atoms with Gasteiger partial charge >= 0.3 is 6.61 Å². The van der Waals surface area contributed by atoms with Crippen molar-refractivity contribution in [2.24, 2.45) is 5.16 Å². The second-order valence-corrected chi connectivity index (χ2v) is 8.76. The number of nitrogens with one attached hydrogen (secondary N) is 1. The van der Waals surface area contributed by atoms with Gasteiger partial charge in [0, 0.05) is 25.3 Å². The largest absolute Gasteiger partial charge is 0.493 e. The molecule has 0 unspecified atom stereocenters. The molecule has 0 fully saturated rings. The molecule has 0 spiro atoms. The number of halogens is 2. The summed E-state index contributed by atoms with van der Waals surface area (Å²) in [4.78, 5) is 17.1. The van der Waals surface area contributed by atoms with Gasteiger partial charge in [-0.3, -0.25) is 4.79 Å².